The third kappa shape index (κ3) is 2.36. The van der Waals surface area contributed by atoms with Gasteiger partial charge in [-0.25, -0.2) is 14.4 Å². The van der Waals surface area contributed by atoms with Crippen molar-refractivity contribution in [2.24, 2.45) is 4.99 Å². The highest BCUT2D eigenvalue weighted by atomic mass is 32.1. The zero-order chi connectivity index (χ0) is 13.4. The number of aromatic hydroxyl groups is 1. The molecule has 2 heterocycles. The molecule has 3 aromatic rings. The van der Waals surface area contributed by atoms with Crippen molar-refractivity contribution in [2.45, 2.75) is 6.92 Å². The molecule has 0 saturated carbocycles. The minimum atomic E-state index is -0.361. The molecule has 0 fully saturated rings. The van der Waals surface area contributed by atoms with Gasteiger partial charge in [0.2, 0.25) is 5.13 Å². The topological polar surface area (TPSA) is 45.5 Å². The number of benzene rings is 1. The van der Waals surface area contributed by atoms with Gasteiger partial charge in [-0.2, -0.15) is 0 Å². The van der Waals surface area contributed by atoms with Crippen molar-refractivity contribution in [3.8, 4) is 5.75 Å². The lowest BCUT2D eigenvalue weighted by Crippen LogP contribution is -1.75. The van der Waals surface area contributed by atoms with Gasteiger partial charge in [0, 0.05) is 15.5 Å². The number of aromatic nitrogens is 1. The lowest BCUT2D eigenvalue weighted by atomic mass is 10.2. The number of aryl methyl sites for hydroxylation is 1. The Labute approximate surface area is 116 Å². The monoisotopic (exact) mass is 292 g/mol. The van der Waals surface area contributed by atoms with E-state index in [0.29, 0.717) is 15.4 Å². The minimum Gasteiger partial charge on any atom is -0.506 e. The highest BCUT2D eigenvalue weighted by molar-refractivity contribution is 7.21. The summed E-state index contributed by atoms with van der Waals surface area (Å²) in [6.07, 6.45) is 1.57. The first-order valence-electron chi connectivity index (χ1n) is 5.51. The zero-order valence-electron chi connectivity index (χ0n) is 9.92. The summed E-state index contributed by atoms with van der Waals surface area (Å²) in [5.74, 6) is -0.295. The fraction of sp³-hybridized carbons (Fsp3) is 0.0769. The lowest BCUT2D eigenvalue weighted by Gasteiger charge is -1.91. The molecule has 0 saturated heterocycles. The van der Waals surface area contributed by atoms with Gasteiger partial charge in [0.1, 0.15) is 11.6 Å². The van der Waals surface area contributed by atoms with Crippen LogP contribution in [0.5, 0.6) is 5.75 Å². The molecule has 0 bridgehead atoms. The Hall–Kier alpha value is -1.79. The summed E-state index contributed by atoms with van der Waals surface area (Å²) in [6, 6.07) is 4.36. The highest BCUT2D eigenvalue weighted by Crippen LogP contribution is 2.36. The maximum Gasteiger partial charge on any atom is 0.209 e. The maximum atomic E-state index is 13.1. The number of thiazole rings is 1. The minimum absolute atomic E-state index is 0.0662. The number of nitrogens with zero attached hydrogens (tertiary/aromatic N) is 2. The number of fused-ring (bicyclic) bond motifs is 1. The van der Waals surface area contributed by atoms with Gasteiger partial charge in [-0.1, -0.05) is 0 Å². The van der Waals surface area contributed by atoms with E-state index in [4.69, 9.17) is 0 Å². The number of thiophene rings is 1. The fourth-order valence-electron chi connectivity index (χ4n) is 1.68. The van der Waals surface area contributed by atoms with E-state index >= 15 is 0 Å². The normalized spacial score (nSPS) is 11.7. The summed E-state index contributed by atoms with van der Waals surface area (Å²) in [7, 11) is 0. The van der Waals surface area contributed by atoms with Crippen molar-refractivity contribution in [1.82, 2.24) is 4.98 Å². The van der Waals surface area contributed by atoms with Gasteiger partial charge in [-0.15, -0.1) is 22.7 Å². The molecule has 2 aromatic heterocycles. The van der Waals surface area contributed by atoms with Gasteiger partial charge >= 0.3 is 0 Å². The van der Waals surface area contributed by atoms with Gasteiger partial charge in [-0.3, -0.25) is 0 Å². The summed E-state index contributed by atoms with van der Waals surface area (Å²) in [6.45, 7) is 1.90. The predicted molar refractivity (Wildman–Crippen MR) is 77.6 cm³/mol. The Morgan fingerprint density at radius 3 is 3.00 bits per heavy atom. The number of halogens is 1. The molecule has 6 heteroatoms. The summed E-state index contributed by atoms with van der Waals surface area (Å²) in [5.41, 5.74) is 0.916. The molecule has 1 N–H and O–H groups in total. The molecule has 0 unspecified atom stereocenters. The largest absolute Gasteiger partial charge is 0.506 e. The van der Waals surface area contributed by atoms with Crippen LogP contribution in [0.15, 0.2) is 28.6 Å². The van der Waals surface area contributed by atoms with E-state index in [2.05, 4.69) is 9.98 Å². The van der Waals surface area contributed by atoms with E-state index in [-0.39, 0.29) is 11.6 Å². The van der Waals surface area contributed by atoms with Crippen LogP contribution in [-0.4, -0.2) is 16.3 Å². The predicted octanol–water partition coefficient (Wildman–Crippen LogP) is 4.26. The average Bonchev–Trinajstić information content (AvgIpc) is 2.93. The van der Waals surface area contributed by atoms with Gasteiger partial charge < -0.3 is 5.11 Å². The Morgan fingerprint density at radius 1 is 1.42 bits per heavy atom. The van der Waals surface area contributed by atoms with Gasteiger partial charge in [0.05, 0.1) is 16.8 Å². The van der Waals surface area contributed by atoms with E-state index in [1.807, 2.05) is 12.3 Å². The number of hydrogen-bond donors (Lipinski definition) is 1. The van der Waals surface area contributed by atoms with Crippen molar-refractivity contribution < 1.29 is 9.50 Å². The standard InChI is InChI=1S/C13H9FN2OS2/c1-7-6-18-13(16-7)15-5-11-12(17)9-4-8(14)2-3-10(9)19-11/h2-6,17H,1H3/b15-5+. The summed E-state index contributed by atoms with van der Waals surface area (Å²) in [4.78, 5) is 9.03. The van der Waals surface area contributed by atoms with Crippen molar-refractivity contribution in [2.75, 3.05) is 0 Å². The number of aliphatic imine (C=N–C) groups is 1. The van der Waals surface area contributed by atoms with Crippen molar-refractivity contribution in [1.29, 1.82) is 0 Å². The molecule has 0 aliphatic heterocycles. The first-order valence-corrected chi connectivity index (χ1v) is 7.20. The van der Waals surface area contributed by atoms with Crippen LogP contribution in [0.25, 0.3) is 10.1 Å². The van der Waals surface area contributed by atoms with Gasteiger partial charge in [0.15, 0.2) is 0 Å². The molecular formula is C13H9FN2OS2. The van der Waals surface area contributed by atoms with E-state index in [9.17, 15) is 9.50 Å². The molecule has 0 spiro atoms. The summed E-state index contributed by atoms with van der Waals surface area (Å²) < 4.78 is 14.0. The van der Waals surface area contributed by atoms with Crippen LogP contribution in [0, 0.1) is 12.7 Å². The SMILES string of the molecule is Cc1csc(/N=C/c2sc3ccc(F)cc3c2O)n1. The first-order chi connectivity index (χ1) is 9.13. The molecular weight excluding hydrogens is 283 g/mol. The van der Waals surface area contributed by atoms with Crippen LogP contribution in [0.1, 0.15) is 10.6 Å². The van der Waals surface area contributed by atoms with Crippen LogP contribution >= 0.6 is 22.7 Å². The lowest BCUT2D eigenvalue weighted by molar-refractivity contribution is 0.482. The highest BCUT2D eigenvalue weighted by Gasteiger charge is 2.10. The smallest absolute Gasteiger partial charge is 0.209 e. The molecule has 0 amide bonds. The van der Waals surface area contributed by atoms with Crippen LogP contribution in [0.4, 0.5) is 9.52 Å². The molecule has 1 aromatic carbocycles. The second kappa shape index (κ2) is 4.71. The molecule has 3 nitrogen and oxygen atoms in total. The number of rotatable bonds is 2. The van der Waals surface area contributed by atoms with Gasteiger partial charge in [-0.05, 0) is 25.1 Å². The first kappa shape index (κ1) is 12.3. The van der Waals surface area contributed by atoms with Gasteiger partial charge in [0.25, 0.3) is 0 Å². The molecule has 0 aliphatic carbocycles. The average molecular weight is 292 g/mol. The Balaban J connectivity index is 2.01. The second-order valence-electron chi connectivity index (χ2n) is 3.99. The molecule has 19 heavy (non-hydrogen) atoms. The zero-order valence-corrected chi connectivity index (χ0v) is 11.6. The molecule has 3 rings (SSSR count). The quantitative estimate of drug-likeness (QED) is 0.717. The van der Waals surface area contributed by atoms with E-state index in [0.717, 1.165) is 10.4 Å². The van der Waals surface area contributed by atoms with Crippen molar-refractivity contribution in [3.63, 3.8) is 0 Å². The maximum absolute atomic E-state index is 13.1. The van der Waals surface area contributed by atoms with Crippen LogP contribution in [0.3, 0.4) is 0 Å². The number of hydrogen-bond acceptors (Lipinski definition) is 5. The molecule has 0 aliphatic rings. The Bertz CT molecular complexity index is 776. The molecule has 0 radical (unpaired) electrons. The van der Waals surface area contributed by atoms with Crippen molar-refractivity contribution >= 4 is 44.1 Å². The van der Waals surface area contributed by atoms with Crippen LogP contribution in [-0.2, 0) is 0 Å². The summed E-state index contributed by atoms with van der Waals surface area (Å²) >= 11 is 2.81. The van der Waals surface area contributed by atoms with Crippen molar-refractivity contribution in [3.05, 3.63) is 40.0 Å². The van der Waals surface area contributed by atoms with E-state index in [1.165, 1.54) is 34.8 Å². The Morgan fingerprint density at radius 2 is 2.26 bits per heavy atom. The Kier molecular flexibility index (Phi) is 3.04. The summed E-state index contributed by atoms with van der Waals surface area (Å²) in [5, 5.41) is 13.1. The second-order valence-corrected chi connectivity index (χ2v) is 5.91. The van der Waals surface area contributed by atoms with Crippen LogP contribution in [0.2, 0.25) is 0 Å². The molecule has 0 atom stereocenters. The fourth-order valence-corrected chi connectivity index (χ4v) is 3.27. The third-order valence-electron chi connectivity index (χ3n) is 2.55. The van der Waals surface area contributed by atoms with E-state index < -0.39 is 0 Å². The van der Waals surface area contributed by atoms with Crippen LogP contribution < -0.4 is 0 Å². The molecule has 96 valence electrons. The van der Waals surface area contributed by atoms with E-state index in [1.54, 1.807) is 12.3 Å². The third-order valence-corrected chi connectivity index (χ3v) is 4.51.